The molecule has 1 aliphatic rings. The zero-order valence-electron chi connectivity index (χ0n) is 17.0. The van der Waals surface area contributed by atoms with E-state index in [1.165, 1.54) is 17.7 Å². The fourth-order valence-electron chi connectivity index (χ4n) is 3.50. The molecule has 0 radical (unpaired) electrons. The number of anilines is 1. The van der Waals surface area contributed by atoms with Crippen LogP contribution in [0.5, 0.6) is 11.5 Å². The van der Waals surface area contributed by atoms with Crippen LogP contribution in [0.1, 0.15) is 23.6 Å². The maximum atomic E-state index is 13.5. The minimum absolute atomic E-state index is 0.165. The van der Waals surface area contributed by atoms with Crippen LogP contribution < -0.4 is 4.90 Å². The maximum absolute atomic E-state index is 13.5. The summed E-state index contributed by atoms with van der Waals surface area (Å²) in [5.74, 6) is -0.593. The number of nitrogens with zero attached hydrogens (tertiary/aromatic N) is 2. The molecule has 1 saturated heterocycles. The van der Waals surface area contributed by atoms with Crippen molar-refractivity contribution in [2.75, 3.05) is 4.90 Å². The Hall–Kier alpha value is -3.34. The van der Waals surface area contributed by atoms with Gasteiger partial charge in [0.2, 0.25) is 0 Å². The molecule has 6 heteroatoms. The third-order valence-corrected chi connectivity index (χ3v) is 6.07. The summed E-state index contributed by atoms with van der Waals surface area (Å²) in [5.41, 5.74) is 4.14. The number of hydrogen-bond donors (Lipinski definition) is 2. The number of carbonyl (C=O) groups is 1. The first-order chi connectivity index (χ1) is 15.0. The first-order valence-electron chi connectivity index (χ1n) is 10.0. The van der Waals surface area contributed by atoms with Crippen LogP contribution in [0.25, 0.3) is 6.08 Å². The van der Waals surface area contributed by atoms with E-state index < -0.39 is 0 Å². The van der Waals surface area contributed by atoms with Crippen molar-refractivity contribution in [3.63, 3.8) is 0 Å². The quantitative estimate of drug-likeness (QED) is 0.333. The van der Waals surface area contributed by atoms with E-state index in [1.54, 1.807) is 17.0 Å². The van der Waals surface area contributed by atoms with E-state index in [1.807, 2.05) is 59.5 Å². The van der Waals surface area contributed by atoms with E-state index in [-0.39, 0.29) is 17.4 Å². The Kier molecular flexibility index (Phi) is 5.94. The van der Waals surface area contributed by atoms with Gasteiger partial charge in [-0.2, -0.15) is 0 Å². The summed E-state index contributed by atoms with van der Waals surface area (Å²) in [6, 6.07) is 22.4. The molecular formula is C25H22N2O3Se. The zero-order chi connectivity index (χ0) is 22.0. The Morgan fingerprint density at radius 3 is 2.26 bits per heavy atom. The second-order valence-electron chi connectivity index (χ2n) is 7.29. The molecule has 0 bridgehead atoms. The summed E-state index contributed by atoms with van der Waals surface area (Å²) >= 11 is 3.07. The third kappa shape index (κ3) is 4.26. The van der Waals surface area contributed by atoms with Gasteiger partial charge in [-0.05, 0) is 0 Å². The second-order valence-corrected chi connectivity index (χ2v) is 8.06. The van der Waals surface area contributed by atoms with Crippen molar-refractivity contribution in [3.05, 3.63) is 95.2 Å². The average molecular weight is 477 g/mol. The van der Waals surface area contributed by atoms with Crippen LogP contribution >= 0.6 is 0 Å². The normalized spacial score (nSPS) is 15.2. The summed E-state index contributed by atoms with van der Waals surface area (Å²) in [6.45, 7) is 2.60. The molecule has 3 aromatic rings. The first-order valence-corrected chi connectivity index (χ1v) is 10.9. The molecule has 0 atom stereocenters. The van der Waals surface area contributed by atoms with Gasteiger partial charge in [-0.15, -0.1) is 0 Å². The summed E-state index contributed by atoms with van der Waals surface area (Å²) in [6.07, 6.45) is 2.65. The standard InChI is InChI=1S/C25H22N2O3Se/c1-2-17-8-11-20(12-9-17)27-24(30)21(14-19-10-13-22(28)23(29)15-19)26(25(27)31)16-18-6-4-3-5-7-18/h3-15,28-29H,2,16H2,1H3. The number of carbonyl (C=O) groups excluding carboxylic acids is 1. The Morgan fingerprint density at radius 2 is 1.61 bits per heavy atom. The number of phenols is 2. The van der Waals surface area contributed by atoms with Gasteiger partial charge in [0.05, 0.1) is 0 Å². The Balaban J connectivity index is 1.76. The molecule has 156 valence electrons. The summed E-state index contributed by atoms with van der Waals surface area (Å²) in [4.78, 5) is 17.1. The van der Waals surface area contributed by atoms with Crippen molar-refractivity contribution < 1.29 is 15.0 Å². The molecule has 0 aromatic heterocycles. The van der Waals surface area contributed by atoms with Crippen molar-refractivity contribution in [1.29, 1.82) is 0 Å². The molecule has 2 N–H and O–H groups in total. The van der Waals surface area contributed by atoms with Gasteiger partial charge in [0.25, 0.3) is 0 Å². The van der Waals surface area contributed by atoms with Crippen molar-refractivity contribution in [2.24, 2.45) is 0 Å². The molecule has 0 saturated carbocycles. The van der Waals surface area contributed by atoms with E-state index >= 15 is 0 Å². The SMILES string of the molecule is CCc1ccc(N2C(=O)C(=Cc3ccc(O)c(O)c3)N(Cc3ccccc3)C2=[Se])cc1. The number of aromatic hydroxyl groups is 2. The van der Waals surface area contributed by atoms with Crippen LogP contribution in [0, 0.1) is 0 Å². The van der Waals surface area contributed by atoms with E-state index in [0.717, 1.165) is 17.7 Å². The average Bonchev–Trinajstić information content (AvgIpc) is 3.01. The Labute approximate surface area is 189 Å². The van der Waals surface area contributed by atoms with Crippen molar-refractivity contribution in [1.82, 2.24) is 4.90 Å². The molecule has 1 heterocycles. The number of hydrogen-bond acceptors (Lipinski definition) is 4. The predicted molar refractivity (Wildman–Crippen MR) is 124 cm³/mol. The number of aryl methyl sites for hydroxylation is 1. The minimum atomic E-state index is -0.228. The fourth-order valence-corrected chi connectivity index (χ4v) is 4.23. The van der Waals surface area contributed by atoms with Gasteiger partial charge in [0, 0.05) is 0 Å². The third-order valence-electron chi connectivity index (χ3n) is 5.22. The van der Waals surface area contributed by atoms with E-state index in [0.29, 0.717) is 22.5 Å². The van der Waals surface area contributed by atoms with Crippen molar-refractivity contribution >= 4 is 37.9 Å². The molecule has 1 aliphatic heterocycles. The number of amides is 1. The van der Waals surface area contributed by atoms with Gasteiger partial charge in [-0.25, -0.2) is 0 Å². The van der Waals surface area contributed by atoms with Crippen LogP contribution in [0.2, 0.25) is 0 Å². The molecule has 31 heavy (non-hydrogen) atoms. The van der Waals surface area contributed by atoms with Crippen LogP contribution in [0.15, 0.2) is 78.5 Å². The van der Waals surface area contributed by atoms with Gasteiger partial charge >= 0.3 is 189 Å². The number of rotatable bonds is 5. The van der Waals surface area contributed by atoms with Gasteiger partial charge in [0.1, 0.15) is 0 Å². The van der Waals surface area contributed by atoms with Gasteiger partial charge in [-0.1, -0.05) is 0 Å². The molecule has 3 aromatic carbocycles. The molecule has 4 rings (SSSR count). The monoisotopic (exact) mass is 478 g/mol. The Bertz CT molecular complexity index is 1160. The summed E-state index contributed by atoms with van der Waals surface area (Å²) < 4.78 is 0.687. The summed E-state index contributed by atoms with van der Waals surface area (Å²) in [7, 11) is 0. The number of benzene rings is 3. The Morgan fingerprint density at radius 1 is 0.903 bits per heavy atom. The molecule has 0 aliphatic carbocycles. The topological polar surface area (TPSA) is 64.0 Å². The van der Waals surface area contributed by atoms with Crippen molar-refractivity contribution in [3.8, 4) is 11.5 Å². The fraction of sp³-hybridized carbons (Fsp3) is 0.120. The molecule has 1 amide bonds. The van der Waals surface area contributed by atoms with Gasteiger partial charge < -0.3 is 0 Å². The van der Waals surface area contributed by atoms with E-state index in [2.05, 4.69) is 22.5 Å². The van der Waals surface area contributed by atoms with E-state index in [9.17, 15) is 15.0 Å². The second kappa shape index (κ2) is 8.80. The van der Waals surface area contributed by atoms with Gasteiger partial charge in [-0.3, -0.25) is 0 Å². The molecular weight excluding hydrogens is 455 g/mol. The van der Waals surface area contributed by atoms with E-state index in [4.69, 9.17) is 0 Å². The molecule has 0 spiro atoms. The van der Waals surface area contributed by atoms with Crippen LogP contribution in [-0.2, 0) is 17.8 Å². The number of phenolic OH excluding ortho intramolecular Hbond substituents is 2. The van der Waals surface area contributed by atoms with Crippen molar-refractivity contribution in [2.45, 2.75) is 19.9 Å². The molecule has 5 nitrogen and oxygen atoms in total. The molecule has 1 fully saturated rings. The predicted octanol–water partition coefficient (Wildman–Crippen LogP) is 3.81. The first kappa shape index (κ1) is 20.9. The van der Waals surface area contributed by atoms with Crippen LogP contribution in [0.4, 0.5) is 5.69 Å². The summed E-state index contributed by atoms with van der Waals surface area (Å²) in [5, 5.41) is 19.5. The van der Waals surface area contributed by atoms with Gasteiger partial charge in [0.15, 0.2) is 0 Å². The zero-order valence-corrected chi connectivity index (χ0v) is 18.7. The molecule has 0 unspecified atom stereocenters. The van der Waals surface area contributed by atoms with Crippen LogP contribution in [0.3, 0.4) is 0 Å². The van der Waals surface area contributed by atoms with Crippen LogP contribution in [-0.4, -0.2) is 41.3 Å².